The number of benzene rings is 1. The lowest BCUT2D eigenvalue weighted by atomic mass is 10.1. The summed E-state index contributed by atoms with van der Waals surface area (Å²) in [6, 6.07) is 9.61. The first-order valence-electron chi connectivity index (χ1n) is 11.3. The van der Waals surface area contributed by atoms with E-state index in [2.05, 4.69) is 10.3 Å². The Morgan fingerprint density at radius 2 is 2.03 bits per heavy atom. The molecule has 10 heteroatoms. The van der Waals surface area contributed by atoms with E-state index >= 15 is 0 Å². The van der Waals surface area contributed by atoms with E-state index in [-0.39, 0.29) is 12.6 Å². The van der Waals surface area contributed by atoms with Crippen LogP contribution >= 0.6 is 34.3 Å². The highest BCUT2D eigenvalue weighted by atomic mass is 35.5. The summed E-state index contributed by atoms with van der Waals surface area (Å²) >= 11 is 9.31. The molecule has 7 nitrogen and oxygen atoms in total. The van der Waals surface area contributed by atoms with Crippen LogP contribution < -0.4 is 5.32 Å². The van der Waals surface area contributed by atoms with Gasteiger partial charge in [-0.3, -0.25) is 14.6 Å². The van der Waals surface area contributed by atoms with Gasteiger partial charge in [-0.2, -0.15) is 0 Å². The van der Waals surface area contributed by atoms with Gasteiger partial charge in [-0.15, -0.1) is 22.7 Å². The third-order valence-electron chi connectivity index (χ3n) is 5.71. The topological polar surface area (TPSA) is 103 Å². The maximum Gasteiger partial charge on any atom is 0.254 e. The van der Waals surface area contributed by atoms with Crippen molar-refractivity contribution in [1.29, 1.82) is 0 Å². The molecular formula is C25H30ClN3O4S2. The lowest BCUT2D eigenvalue weighted by Crippen LogP contribution is -2.51. The fourth-order valence-electron chi connectivity index (χ4n) is 3.73. The number of nitrogens with zero attached hydrogens (tertiary/aromatic N) is 2. The SMILES string of the molecule is C[C@H]1CCCN1C(=O)C(O)C(O)C(=O)NCc1cc(Cc2ccccc2Cl)cs1.Cc1cscn1. The Morgan fingerprint density at radius 3 is 2.63 bits per heavy atom. The zero-order chi connectivity index (χ0) is 25.4. The zero-order valence-electron chi connectivity index (χ0n) is 19.7. The number of aliphatic hydroxyl groups is 2. The summed E-state index contributed by atoms with van der Waals surface area (Å²) in [6.07, 6.45) is -1.15. The lowest BCUT2D eigenvalue weighted by Gasteiger charge is -2.26. The fraction of sp³-hybridized carbons (Fsp3) is 0.400. The summed E-state index contributed by atoms with van der Waals surface area (Å²) in [5.74, 6) is -1.37. The molecule has 0 radical (unpaired) electrons. The molecule has 2 unspecified atom stereocenters. The van der Waals surface area contributed by atoms with Gasteiger partial charge in [-0.05, 0) is 61.7 Å². The maximum absolute atomic E-state index is 12.3. The summed E-state index contributed by atoms with van der Waals surface area (Å²) in [5.41, 5.74) is 5.04. The number of carbonyl (C=O) groups excluding carboxylic acids is 2. The van der Waals surface area contributed by atoms with Crippen LogP contribution in [0.1, 0.15) is 41.5 Å². The predicted molar refractivity (Wildman–Crippen MR) is 140 cm³/mol. The van der Waals surface area contributed by atoms with Gasteiger partial charge < -0.3 is 20.4 Å². The Balaban J connectivity index is 0.000000497. The van der Waals surface area contributed by atoms with E-state index in [9.17, 15) is 19.8 Å². The van der Waals surface area contributed by atoms with Gasteiger partial charge in [0.1, 0.15) is 0 Å². The molecule has 1 saturated heterocycles. The highest BCUT2D eigenvalue weighted by Crippen LogP contribution is 2.23. The van der Waals surface area contributed by atoms with Crippen LogP contribution in [0.3, 0.4) is 0 Å². The summed E-state index contributed by atoms with van der Waals surface area (Å²) in [7, 11) is 0. The van der Waals surface area contributed by atoms with Gasteiger partial charge in [0.05, 0.1) is 12.1 Å². The third kappa shape index (κ3) is 7.85. The number of halogens is 1. The number of likely N-dealkylation sites (tertiary alicyclic amines) is 1. The van der Waals surface area contributed by atoms with Gasteiger partial charge >= 0.3 is 0 Å². The van der Waals surface area contributed by atoms with Crippen molar-refractivity contribution in [2.24, 2.45) is 0 Å². The number of hydrogen-bond acceptors (Lipinski definition) is 7. The summed E-state index contributed by atoms with van der Waals surface area (Å²) < 4.78 is 0. The number of aryl methyl sites for hydroxylation is 1. The molecule has 188 valence electrons. The van der Waals surface area contributed by atoms with Crippen molar-refractivity contribution in [2.45, 2.75) is 57.9 Å². The lowest BCUT2D eigenvalue weighted by molar-refractivity contribution is -0.153. The molecular weight excluding hydrogens is 506 g/mol. The number of hydrogen-bond donors (Lipinski definition) is 3. The van der Waals surface area contributed by atoms with Gasteiger partial charge in [0.15, 0.2) is 12.2 Å². The molecule has 4 rings (SSSR count). The number of thiazole rings is 1. The molecule has 1 aliphatic rings. The molecule has 0 saturated carbocycles. The van der Waals surface area contributed by atoms with Crippen LogP contribution in [0.4, 0.5) is 0 Å². The average molecular weight is 536 g/mol. The largest absolute Gasteiger partial charge is 0.380 e. The summed E-state index contributed by atoms with van der Waals surface area (Å²) in [6.45, 7) is 4.62. The first-order valence-corrected chi connectivity index (χ1v) is 13.5. The van der Waals surface area contributed by atoms with Crippen LogP contribution in [-0.2, 0) is 22.6 Å². The number of aliphatic hydroxyl groups excluding tert-OH is 2. The molecule has 3 N–H and O–H groups in total. The Labute approximate surface area is 218 Å². The van der Waals surface area contributed by atoms with E-state index in [0.29, 0.717) is 18.0 Å². The van der Waals surface area contributed by atoms with Crippen molar-refractivity contribution in [1.82, 2.24) is 15.2 Å². The van der Waals surface area contributed by atoms with Crippen molar-refractivity contribution < 1.29 is 19.8 Å². The monoisotopic (exact) mass is 535 g/mol. The molecule has 0 bridgehead atoms. The van der Waals surface area contributed by atoms with E-state index < -0.39 is 24.0 Å². The van der Waals surface area contributed by atoms with E-state index in [1.807, 2.05) is 60.4 Å². The number of aromatic nitrogens is 1. The van der Waals surface area contributed by atoms with Crippen molar-refractivity contribution >= 4 is 46.1 Å². The molecule has 3 heterocycles. The summed E-state index contributed by atoms with van der Waals surface area (Å²) in [4.78, 5) is 30.9. The van der Waals surface area contributed by atoms with Gasteiger partial charge in [-0.25, -0.2) is 0 Å². The Kier molecular flexibility index (Phi) is 10.2. The zero-order valence-corrected chi connectivity index (χ0v) is 22.1. The van der Waals surface area contributed by atoms with Crippen molar-refractivity contribution in [2.75, 3.05) is 6.54 Å². The Bertz CT molecular complexity index is 1110. The summed E-state index contributed by atoms with van der Waals surface area (Å²) in [5, 5.41) is 27.5. The van der Waals surface area contributed by atoms with Crippen LogP contribution in [0.5, 0.6) is 0 Å². The first kappa shape index (κ1) is 27.3. The number of thiophene rings is 1. The number of amides is 2. The smallest absolute Gasteiger partial charge is 0.254 e. The normalized spacial score (nSPS) is 16.8. The van der Waals surface area contributed by atoms with E-state index in [1.54, 1.807) is 11.3 Å². The van der Waals surface area contributed by atoms with Crippen LogP contribution in [0.15, 0.2) is 46.6 Å². The second-order valence-electron chi connectivity index (χ2n) is 8.45. The number of carbonyl (C=O) groups is 2. The molecule has 3 aromatic rings. The molecule has 2 amide bonds. The standard InChI is InChI=1S/C21H25ClN2O4S.C4H5NS/c1-13-5-4-8-24(13)21(28)19(26)18(25)20(27)23-11-16-10-14(12-29-16)9-15-6-2-3-7-17(15)22;1-4-2-6-3-5-4/h2-3,6-7,10,12-13,18-19,25-26H,4-5,8-9,11H2,1H3,(H,23,27);2-3H,1H3/t13-,18?,19?;/m0./s1. The predicted octanol–water partition coefficient (Wildman–Crippen LogP) is 3.79. The quantitative estimate of drug-likeness (QED) is 0.427. The molecule has 1 aliphatic heterocycles. The number of nitrogens with one attached hydrogen (secondary N) is 1. The van der Waals surface area contributed by atoms with Gasteiger partial charge in [0, 0.05) is 33.6 Å². The van der Waals surface area contributed by atoms with Crippen molar-refractivity contribution in [3.05, 3.63) is 73.3 Å². The fourth-order valence-corrected chi connectivity index (χ4v) is 5.31. The minimum absolute atomic E-state index is 0.00932. The highest BCUT2D eigenvalue weighted by Gasteiger charge is 2.36. The Hall–Kier alpha value is -2.30. The van der Waals surface area contributed by atoms with E-state index in [4.69, 9.17) is 11.6 Å². The highest BCUT2D eigenvalue weighted by molar-refractivity contribution is 7.10. The van der Waals surface area contributed by atoms with Crippen LogP contribution in [0.25, 0.3) is 0 Å². The molecule has 2 aromatic heterocycles. The number of rotatable bonds is 7. The molecule has 0 spiro atoms. The van der Waals surface area contributed by atoms with E-state index in [1.165, 1.54) is 16.2 Å². The molecule has 35 heavy (non-hydrogen) atoms. The molecule has 1 aromatic carbocycles. The van der Waals surface area contributed by atoms with Crippen LogP contribution in [-0.4, -0.2) is 56.7 Å². The van der Waals surface area contributed by atoms with Crippen LogP contribution in [0.2, 0.25) is 5.02 Å². The van der Waals surface area contributed by atoms with Gasteiger partial charge in [-0.1, -0.05) is 29.8 Å². The third-order valence-corrected chi connectivity index (χ3v) is 7.77. The second kappa shape index (κ2) is 13.1. The minimum Gasteiger partial charge on any atom is -0.380 e. The second-order valence-corrected chi connectivity index (χ2v) is 10.6. The average Bonchev–Trinajstić information content (AvgIpc) is 3.61. The minimum atomic E-state index is -1.79. The van der Waals surface area contributed by atoms with Crippen molar-refractivity contribution in [3.8, 4) is 0 Å². The van der Waals surface area contributed by atoms with Crippen LogP contribution in [0, 0.1) is 6.92 Å². The molecule has 3 atom stereocenters. The molecule has 1 fully saturated rings. The van der Waals surface area contributed by atoms with E-state index in [0.717, 1.165) is 34.5 Å². The van der Waals surface area contributed by atoms with Crippen molar-refractivity contribution in [3.63, 3.8) is 0 Å². The Morgan fingerprint density at radius 1 is 1.26 bits per heavy atom. The maximum atomic E-state index is 12.3. The van der Waals surface area contributed by atoms with Gasteiger partial charge in [0.25, 0.3) is 11.8 Å². The first-order chi connectivity index (χ1) is 16.8. The van der Waals surface area contributed by atoms with Gasteiger partial charge in [0.2, 0.25) is 0 Å². The molecule has 0 aliphatic carbocycles.